The standard InChI is InChI=1S/C43H65NO3/c1-3-5-7-9-11-22-32-41(45)36-44(37-42(46)33-23-12-10-8-6-4-2)34-24-25-35-47-43(38-26-16-13-17-27-38,39-28-18-14-19-29-39)40-30-20-15-21-31-40/h13-21,26-31,41-42,45-46H,3-12,22-25,32-37H2,1-2H3. The molecule has 3 aromatic carbocycles. The Morgan fingerprint density at radius 3 is 1.30 bits per heavy atom. The van der Waals surface area contributed by atoms with Gasteiger partial charge in [-0.05, 0) is 48.9 Å². The van der Waals surface area contributed by atoms with Gasteiger partial charge in [-0.1, -0.05) is 182 Å². The molecule has 2 N–H and O–H groups in total. The maximum atomic E-state index is 11.0. The molecule has 47 heavy (non-hydrogen) atoms. The normalized spacial score (nSPS) is 13.2. The first-order valence-electron chi connectivity index (χ1n) is 19.0. The van der Waals surface area contributed by atoms with Gasteiger partial charge < -0.3 is 14.9 Å². The molecule has 0 saturated carbocycles. The summed E-state index contributed by atoms with van der Waals surface area (Å²) >= 11 is 0. The van der Waals surface area contributed by atoms with Gasteiger partial charge in [-0.2, -0.15) is 0 Å². The average molecular weight is 644 g/mol. The lowest BCUT2D eigenvalue weighted by Crippen LogP contribution is -2.39. The van der Waals surface area contributed by atoms with Crippen LogP contribution in [0.25, 0.3) is 0 Å². The topological polar surface area (TPSA) is 52.9 Å². The Morgan fingerprint density at radius 1 is 0.511 bits per heavy atom. The van der Waals surface area contributed by atoms with Crippen LogP contribution in [0.2, 0.25) is 0 Å². The molecule has 0 heterocycles. The van der Waals surface area contributed by atoms with Crippen molar-refractivity contribution in [3.63, 3.8) is 0 Å². The van der Waals surface area contributed by atoms with Crippen LogP contribution in [0, 0.1) is 0 Å². The highest BCUT2D eigenvalue weighted by Crippen LogP contribution is 2.40. The summed E-state index contributed by atoms with van der Waals surface area (Å²) in [6, 6.07) is 31.7. The SMILES string of the molecule is CCCCCCCCC(O)CN(CCCCOC(c1ccccc1)(c1ccccc1)c1ccccc1)CC(O)CCCCCCCC. The number of aliphatic hydroxyl groups excluding tert-OH is 2. The van der Waals surface area contributed by atoms with Crippen LogP contribution in [0.5, 0.6) is 0 Å². The van der Waals surface area contributed by atoms with Crippen LogP contribution >= 0.6 is 0 Å². The molecule has 0 fully saturated rings. The molecule has 0 aliphatic heterocycles. The van der Waals surface area contributed by atoms with Gasteiger partial charge >= 0.3 is 0 Å². The maximum absolute atomic E-state index is 11.0. The third-order valence-electron chi connectivity index (χ3n) is 9.45. The second-order valence-electron chi connectivity index (χ2n) is 13.5. The Hall–Kier alpha value is -2.50. The summed E-state index contributed by atoms with van der Waals surface area (Å²) in [7, 11) is 0. The van der Waals surface area contributed by atoms with E-state index in [1.807, 2.05) is 0 Å². The first-order valence-corrected chi connectivity index (χ1v) is 19.0. The lowest BCUT2D eigenvalue weighted by molar-refractivity contribution is 0.00836. The van der Waals surface area contributed by atoms with Crippen molar-refractivity contribution in [2.24, 2.45) is 0 Å². The van der Waals surface area contributed by atoms with Crippen LogP contribution in [0.3, 0.4) is 0 Å². The molecule has 0 radical (unpaired) electrons. The third-order valence-corrected chi connectivity index (χ3v) is 9.45. The van der Waals surface area contributed by atoms with E-state index in [1.165, 1.54) is 64.2 Å². The van der Waals surface area contributed by atoms with Gasteiger partial charge in [-0.15, -0.1) is 0 Å². The van der Waals surface area contributed by atoms with Crippen molar-refractivity contribution in [1.82, 2.24) is 4.90 Å². The second-order valence-corrected chi connectivity index (χ2v) is 13.5. The van der Waals surface area contributed by atoms with Crippen LogP contribution < -0.4 is 0 Å². The molecule has 0 bridgehead atoms. The van der Waals surface area contributed by atoms with Crippen molar-refractivity contribution in [2.45, 2.75) is 134 Å². The first-order chi connectivity index (χ1) is 23.1. The van der Waals surface area contributed by atoms with Crippen LogP contribution in [-0.4, -0.2) is 53.6 Å². The summed E-state index contributed by atoms with van der Waals surface area (Å²) < 4.78 is 7.00. The minimum Gasteiger partial charge on any atom is -0.392 e. The third kappa shape index (κ3) is 14.3. The number of aliphatic hydroxyl groups is 2. The van der Waals surface area contributed by atoms with Crippen molar-refractivity contribution in [3.8, 4) is 0 Å². The average Bonchev–Trinajstić information content (AvgIpc) is 3.10. The zero-order valence-corrected chi connectivity index (χ0v) is 29.7. The zero-order chi connectivity index (χ0) is 33.4. The van der Waals surface area contributed by atoms with Gasteiger partial charge in [0.15, 0.2) is 0 Å². The number of nitrogens with zero attached hydrogens (tertiary/aromatic N) is 1. The summed E-state index contributed by atoms with van der Waals surface area (Å²) in [5, 5.41) is 21.9. The molecule has 4 nitrogen and oxygen atoms in total. The number of rotatable bonds is 27. The highest BCUT2D eigenvalue weighted by atomic mass is 16.5. The van der Waals surface area contributed by atoms with E-state index in [9.17, 15) is 10.2 Å². The molecule has 3 rings (SSSR count). The fourth-order valence-corrected chi connectivity index (χ4v) is 6.79. The van der Waals surface area contributed by atoms with Gasteiger partial charge in [0, 0.05) is 19.7 Å². The molecule has 260 valence electrons. The summed E-state index contributed by atoms with van der Waals surface area (Å²) in [6.07, 6.45) is 17.6. The van der Waals surface area contributed by atoms with E-state index in [4.69, 9.17) is 4.74 Å². The van der Waals surface area contributed by atoms with E-state index in [2.05, 4.69) is 110 Å². The summed E-state index contributed by atoms with van der Waals surface area (Å²) in [6.45, 7) is 7.21. The fourth-order valence-electron chi connectivity index (χ4n) is 6.79. The van der Waals surface area contributed by atoms with E-state index in [0.29, 0.717) is 19.7 Å². The Kier molecular flexibility index (Phi) is 19.7. The predicted octanol–water partition coefficient (Wildman–Crippen LogP) is 10.3. The molecule has 0 spiro atoms. The van der Waals surface area contributed by atoms with E-state index in [-0.39, 0.29) is 12.2 Å². The monoisotopic (exact) mass is 643 g/mol. The molecule has 2 atom stereocenters. The largest absolute Gasteiger partial charge is 0.392 e. The zero-order valence-electron chi connectivity index (χ0n) is 29.7. The minimum absolute atomic E-state index is 0.347. The lowest BCUT2D eigenvalue weighted by Gasteiger charge is -2.36. The first kappa shape index (κ1) is 38.9. The maximum Gasteiger partial charge on any atom is 0.143 e. The van der Waals surface area contributed by atoms with Gasteiger partial charge in [0.2, 0.25) is 0 Å². The van der Waals surface area contributed by atoms with E-state index >= 15 is 0 Å². The highest BCUT2D eigenvalue weighted by molar-refractivity contribution is 5.47. The number of benzene rings is 3. The van der Waals surface area contributed by atoms with Crippen molar-refractivity contribution in [2.75, 3.05) is 26.2 Å². The van der Waals surface area contributed by atoms with Crippen molar-refractivity contribution in [3.05, 3.63) is 108 Å². The molecule has 4 heteroatoms. The quantitative estimate of drug-likeness (QED) is 0.0641. The van der Waals surface area contributed by atoms with Gasteiger partial charge in [0.05, 0.1) is 12.2 Å². The van der Waals surface area contributed by atoms with Crippen LogP contribution in [-0.2, 0) is 10.3 Å². The molecule has 3 aromatic rings. The van der Waals surface area contributed by atoms with Crippen LogP contribution in [0.1, 0.15) is 133 Å². The number of ether oxygens (including phenoxy) is 1. The summed E-state index contributed by atoms with van der Waals surface area (Å²) in [5.41, 5.74) is 2.66. The lowest BCUT2D eigenvalue weighted by atomic mass is 9.80. The van der Waals surface area contributed by atoms with Gasteiger partial charge in [-0.3, -0.25) is 4.90 Å². The summed E-state index contributed by atoms with van der Waals surface area (Å²) in [4.78, 5) is 2.31. The van der Waals surface area contributed by atoms with Crippen molar-refractivity contribution in [1.29, 1.82) is 0 Å². The van der Waals surface area contributed by atoms with Crippen molar-refractivity contribution >= 4 is 0 Å². The molecule has 0 amide bonds. The number of unbranched alkanes of at least 4 members (excludes halogenated alkanes) is 11. The predicted molar refractivity (Wildman–Crippen MR) is 199 cm³/mol. The minimum atomic E-state index is -0.704. The summed E-state index contributed by atoms with van der Waals surface area (Å²) in [5.74, 6) is 0. The number of hydrogen-bond acceptors (Lipinski definition) is 4. The van der Waals surface area contributed by atoms with Crippen LogP contribution in [0.4, 0.5) is 0 Å². The van der Waals surface area contributed by atoms with E-state index < -0.39 is 5.60 Å². The Balaban J connectivity index is 1.61. The second kappa shape index (κ2) is 23.8. The molecule has 2 unspecified atom stereocenters. The van der Waals surface area contributed by atoms with Crippen LogP contribution in [0.15, 0.2) is 91.0 Å². The number of hydrogen-bond donors (Lipinski definition) is 2. The van der Waals surface area contributed by atoms with Gasteiger partial charge in [-0.25, -0.2) is 0 Å². The molecule has 0 aromatic heterocycles. The molecule has 0 saturated heterocycles. The van der Waals surface area contributed by atoms with E-state index in [1.54, 1.807) is 0 Å². The van der Waals surface area contributed by atoms with Gasteiger partial charge in [0.1, 0.15) is 5.60 Å². The van der Waals surface area contributed by atoms with E-state index in [0.717, 1.165) is 61.8 Å². The molecular formula is C43H65NO3. The molecule has 0 aliphatic carbocycles. The molecular weight excluding hydrogens is 578 g/mol. The Bertz CT molecular complexity index is 1020. The smallest absolute Gasteiger partial charge is 0.143 e. The molecule has 0 aliphatic rings. The highest BCUT2D eigenvalue weighted by Gasteiger charge is 2.37. The Morgan fingerprint density at radius 2 is 0.894 bits per heavy atom. The van der Waals surface area contributed by atoms with Gasteiger partial charge in [0.25, 0.3) is 0 Å². The Labute approximate surface area is 287 Å². The van der Waals surface area contributed by atoms with Crippen molar-refractivity contribution < 1.29 is 14.9 Å². The fraction of sp³-hybridized carbons (Fsp3) is 0.581.